The van der Waals surface area contributed by atoms with Crippen LogP contribution in [-0.2, 0) is 11.2 Å². The average molecular weight is 439 g/mol. The lowest BCUT2D eigenvalue weighted by molar-refractivity contribution is -0.113. The molecule has 130 valence electrons. The van der Waals surface area contributed by atoms with Crippen LogP contribution >= 0.6 is 39.0 Å². The van der Waals surface area contributed by atoms with Crippen LogP contribution in [0.1, 0.15) is 16.3 Å². The number of thioether (sulfide) groups is 1. The third-order valence-electron chi connectivity index (χ3n) is 3.26. The molecule has 0 spiro atoms. The molecule has 0 unspecified atom stereocenters. The lowest BCUT2D eigenvalue weighted by Crippen LogP contribution is -2.16. The van der Waals surface area contributed by atoms with Crippen molar-refractivity contribution < 1.29 is 4.79 Å². The lowest BCUT2D eigenvalue weighted by atomic mass is 10.1. The minimum atomic E-state index is -0.157. The van der Waals surface area contributed by atoms with E-state index in [4.69, 9.17) is 5.84 Å². The Balaban J connectivity index is 1.53. The number of aryl methyl sites for hydroxylation is 1. The zero-order chi connectivity index (χ0) is 17.8. The van der Waals surface area contributed by atoms with E-state index in [1.807, 2.05) is 12.1 Å². The first-order chi connectivity index (χ1) is 12.0. The molecule has 0 atom stereocenters. The Morgan fingerprint density at radius 3 is 2.80 bits per heavy atom. The zero-order valence-electron chi connectivity index (χ0n) is 13.3. The minimum Gasteiger partial charge on any atom is -0.336 e. The predicted octanol–water partition coefficient (Wildman–Crippen LogP) is 2.84. The Kier molecular flexibility index (Phi) is 5.71. The van der Waals surface area contributed by atoms with Crippen LogP contribution in [0.25, 0.3) is 0 Å². The number of thiazole rings is 1. The van der Waals surface area contributed by atoms with Crippen LogP contribution < -0.4 is 11.2 Å². The molecule has 0 bridgehead atoms. The van der Waals surface area contributed by atoms with Gasteiger partial charge in [-0.3, -0.25) is 4.79 Å². The number of hydrogen-bond acceptors (Lipinski definition) is 7. The van der Waals surface area contributed by atoms with Crippen LogP contribution in [0.3, 0.4) is 0 Å². The highest BCUT2D eigenvalue weighted by molar-refractivity contribution is 9.10. The van der Waals surface area contributed by atoms with E-state index in [9.17, 15) is 4.79 Å². The number of amides is 1. The fourth-order valence-corrected chi connectivity index (χ4v) is 3.81. The summed E-state index contributed by atoms with van der Waals surface area (Å²) in [4.78, 5) is 17.4. The Hall–Kier alpha value is -1.91. The second-order valence-electron chi connectivity index (χ2n) is 5.17. The molecule has 0 saturated heterocycles. The molecule has 3 aromatic rings. The summed E-state index contributed by atoms with van der Waals surface area (Å²) in [6, 6.07) is 8.13. The molecule has 25 heavy (non-hydrogen) atoms. The van der Waals surface area contributed by atoms with Crippen LogP contribution in [0, 0.1) is 6.92 Å². The van der Waals surface area contributed by atoms with E-state index in [1.165, 1.54) is 33.3 Å². The summed E-state index contributed by atoms with van der Waals surface area (Å²) in [5.74, 6) is 6.39. The topological polar surface area (TPSA) is 98.7 Å². The number of halogens is 1. The van der Waals surface area contributed by atoms with E-state index in [0.717, 1.165) is 15.8 Å². The zero-order valence-corrected chi connectivity index (χ0v) is 16.5. The molecular weight excluding hydrogens is 424 g/mol. The summed E-state index contributed by atoms with van der Waals surface area (Å²) >= 11 is 6.12. The summed E-state index contributed by atoms with van der Waals surface area (Å²) in [6.07, 6.45) is 2.57. The van der Waals surface area contributed by atoms with Gasteiger partial charge in [0.25, 0.3) is 0 Å². The van der Waals surface area contributed by atoms with Gasteiger partial charge in [0.15, 0.2) is 5.13 Å². The van der Waals surface area contributed by atoms with Gasteiger partial charge in [-0.2, -0.15) is 0 Å². The van der Waals surface area contributed by atoms with Crippen LogP contribution in [0.5, 0.6) is 0 Å². The summed E-state index contributed by atoms with van der Waals surface area (Å²) in [6.45, 7) is 1.75. The number of carbonyl (C=O) groups excluding carboxylic acids is 1. The predicted molar refractivity (Wildman–Crippen MR) is 103 cm³/mol. The molecule has 3 N–H and O–H groups in total. The molecular formula is C15H15BrN6OS2. The van der Waals surface area contributed by atoms with E-state index < -0.39 is 0 Å². The number of hydrogen-bond donors (Lipinski definition) is 2. The highest BCUT2D eigenvalue weighted by Crippen LogP contribution is 2.22. The molecule has 3 rings (SSSR count). The third kappa shape index (κ3) is 4.80. The molecule has 0 aliphatic heterocycles. The molecule has 1 amide bonds. The van der Waals surface area contributed by atoms with E-state index in [0.29, 0.717) is 16.1 Å². The van der Waals surface area contributed by atoms with Gasteiger partial charge in [-0.15, -0.1) is 21.5 Å². The number of nitrogens with one attached hydrogen (secondary N) is 1. The highest BCUT2D eigenvalue weighted by atomic mass is 79.9. The van der Waals surface area contributed by atoms with Crippen molar-refractivity contribution in [1.29, 1.82) is 0 Å². The van der Waals surface area contributed by atoms with Gasteiger partial charge in [0.2, 0.25) is 11.1 Å². The van der Waals surface area contributed by atoms with Crippen molar-refractivity contribution in [2.75, 3.05) is 16.9 Å². The van der Waals surface area contributed by atoms with Crippen molar-refractivity contribution in [3.8, 4) is 0 Å². The van der Waals surface area contributed by atoms with Crippen molar-refractivity contribution in [3.05, 3.63) is 51.2 Å². The van der Waals surface area contributed by atoms with Gasteiger partial charge < -0.3 is 11.2 Å². The molecule has 7 nitrogen and oxygen atoms in total. The van der Waals surface area contributed by atoms with Crippen LogP contribution in [-0.4, -0.2) is 31.5 Å². The summed E-state index contributed by atoms with van der Waals surface area (Å²) < 4.78 is 2.41. The molecule has 0 aliphatic rings. The maximum Gasteiger partial charge on any atom is 0.236 e. The van der Waals surface area contributed by atoms with Crippen molar-refractivity contribution >= 4 is 50.1 Å². The first-order valence-corrected chi connectivity index (χ1v) is 9.89. The monoisotopic (exact) mass is 438 g/mol. The molecule has 1 aromatic carbocycles. The first kappa shape index (κ1) is 17.9. The van der Waals surface area contributed by atoms with Crippen LogP contribution in [0.2, 0.25) is 0 Å². The van der Waals surface area contributed by atoms with E-state index in [2.05, 4.69) is 48.6 Å². The number of rotatable bonds is 6. The van der Waals surface area contributed by atoms with E-state index >= 15 is 0 Å². The SMILES string of the molecule is Cc1nnc(SCC(=O)Nc2ncc(Cc3ccc(Br)cc3)s2)n1N. The standard InChI is InChI=1S/C15H15BrN6OS2/c1-9-20-21-15(22(9)17)24-8-13(23)19-14-18-7-12(25-14)6-10-2-4-11(16)5-3-10/h2-5,7H,6,8,17H2,1H3,(H,18,19,23). The van der Waals surface area contributed by atoms with Gasteiger partial charge in [0.05, 0.1) is 5.75 Å². The number of nitrogens with two attached hydrogens (primary N) is 1. The Labute approximate surface area is 161 Å². The van der Waals surface area contributed by atoms with Crippen molar-refractivity contribution in [1.82, 2.24) is 19.9 Å². The van der Waals surface area contributed by atoms with Gasteiger partial charge in [-0.05, 0) is 24.6 Å². The molecule has 2 aromatic heterocycles. The van der Waals surface area contributed by atoms with E-state index in [-0.39, 0.29) is 11.7 Å². The molecule has 2 heterocycles. The number of carbonyl (C=O) groups is 1. The van der Waals surface area contributed by atoms with Crippen LogP contribution in [0.4, 0.5) is 5.13 Å². The van der Waals surface area contributed by atoms with E-state index in [1.54, 1.807) is 13.1 Å². The number of nitrogen functional groups attached to an aromatic ring is 1. The Morgan fingerprint density at radius 1 is 1.36 bits per heavy atom. The third-order valence-corrected chi connectivity index (χ3v) is 5.64. The summed E-state index contributed by atoms with van der Waals surface area (Å²) in [5, 5.41) is 11.6. The Bertz CT molecular complexity index is 877. The molecule has 10 heteroatoms. The molecule has 0 fully saturated rings. The summed E-state index contributed by atoms with van der Waals surface area (Å²) in [7, 11) is 0. The first-order valence-electron chi connectivity index (χ1n) is 7.30. The maximum atomic E-state index is 12.0. The van der Waals surface area contributed by atoms with Crippen molar-refractivity contribution in [2.45, 2.75) is 18.5 Å². The van der Waals surface area contributed by atoms with Crippen molar-refractivity contribution in [2.24, 2.45) is 0 Å². The highest BCUT2D eigenvalue weighted by Gasteiger charge is 2.11. The summed E-state index contributed by atoms with van der Waals surface area (Å²) in [5.41, 5.74) is 1.19. The number of aromatic nitrogens is 4. The van der Waals surface area contributed by atoms with Crippen LogP contribution in [0.15, 0.2) is 40.1 Å². The van der Waals surface area contributed by atoms with Gasteiger partial charge in [0.1, 0.15) is 5.82 Å². The minimum absolute atomic E-state index is 0.157. The molecule has 0 aliphatic carbocycles. The fraction of sp³-hybridized carbons (Fsp3) is 0.200. The van der Waals surface area contributed by atoms with Gasteiger partial charge in [-0.1, -0.05) is 39.8 Å². The molecule has 0 saturated carbocycles. The maximum absolute atomic E-state index is 12.0. The van der Waals surface area contributed by atoms with Gasteiger partial charge in [-0.25, -0.2) is 9.66 Å². The fourth-order valence-electron chi connectivity index (χ4n) is 1.98. The van der Waals surface area contributed by atoms with Crippen molar-refractivity contribution in [3.63, 3.8) is 0 Å². The smallest absolute Gasteiger partial charge is 0.236 e. The van der Waals surface area contributed by atoms with Gasteiger partial charge >= 0.3 is 0 Å². The lowest BCUT2D eigenvalue weighted by Gasteiger charge is -2.02. The number of anilines is 1. The largest absolute Gasteiger partial charge is 0.336 e. The number of benzene rings is 1. The quantitative estimate of drug-likeness (QED) is 0.453. The van der Waals surface area contributed by atoms with Gasteiger partial charge in [0, 0.05) is 22.0 Å². The number of nitrogens with zero attached hydrogens (tertiary/aromatic N) is 4. The second-order valence-corrected chi connectivity index (χ2v) is 8.14. The normalized spacial score (nSPS) is 10.8. The second kappa shape index (κ2) is 7.98. The average Bonchev–Trinajstić information content (AvgIpc) is 3.15. The Morgan fingerprint density at radius 2 is 2.12 bits per heavy atom. The molecule has 0 radical (unpaired) electrons.